The fourth-order valence-corrected chi connectivity index (χ4v) is 5.22. The number of aromatic nitrogens is 1. The highest BCUT2D eigenvalue weighted by molar-refractivity contribution is 6.31. The van der Waals surface area contributed by atoms with E-state index in [1.807, 2.05) is 41.3 Å². The molecule has 2 aromatic carbocycles. The van der Waals surface area contributed by atoms with Crippen molar-refractivity contribution in [1.82, 2.24) is 4.90 Å². The highest BCUT2D eigenvalue weighted by Gasteiger charge is 2.36. The van der Waals surface area contributed by atoms with E-state index in [0.717, 1.165) is 24.4 Å². The van der Waals surface area contributed by atoms with Crippen LogP contribution in [0.5, 0.6) is 0 Å². The van der Waals surface area contributed by atoms with Gasteiger partial charge in [0.05, 0.1) is 0 Å². The third-order valence-electron chi connectivity index (χ3n) is 6.25. The number of fused-ring (bicyclic) bond motifs is 2. The molecule has 164 valence electrons. The summed E-state index contributed by atoms with van der Waals surface area (Å²) in [6.07, 6.45) is 6.02. The van der Waals surface area contributed by atoms with Gasteiger partial charge in [-0.25, -0.2) is 4.57 Å². The number of hydrogen-bond acceptors (Lipinski definition) is 1. The second-order valence-corrected chi connectivity index (χ2v) is 9.16. The lowest BCUT2D eigenvalue weighted by Gasteiger charge is -2.34. The van der Waals surface area contributed by atoms with Gasteiger partial charge < -0.3 is 17.3 Å². The quantitative estimate of drug-likeness (QED) is 0.521. The van der Waals surface area contributed by atoms with Gasteiger partial charge in [0.25, 0.3) is 5.91 Å². The standard InChI is InChI=1S/C26H23Cl2N2O.ClH/c27-22-6-4-5-19(14-22)26(31)30-16-20(9-12-29-10-2-1-3-11-29)25-21(17-30)13-18-7-8-23(28)15-24(18)25;/h1-8,10-11,14-15,20H,9,12-13,16-17H2;1H/q+1;/p-1. The van der Waals surface area contributed by atoms with E-state index in [1.54, 1.807) is 12.1 Å². The highest BCUT2D eigenvalue weighted by atomic mass is 35.5. The molecule has 1 amide bonds. The molecule has 1 aromatic heterocycles. The van der Waals surface area contributed by atoms with Gasteiger partial charge in [0.2, 0.25) is 0 Å². The summed E-state index contributed by atoms with van der Waals surface area (Å²) >= 11 is 12.5. The smallest absolute Gasteiger partial charge is 0.254 e. The van der Waals surface area contributed by atoms with Crippen molar-refractivity contribution in [3.8, 4) is 0 Å². The molecule has 2 aliphatic rings. The summed E-state index contributed by atoms with van der Waals surface area (Å²) < 4.78 is 2.20. The van der Waals surface area contributed by atoms with Crippen molar-refractivity contribution in [2.45, 2.75) is 19.4 Å². The summed E-state index contributed by atoms with van der Waals surface area (Å²) in [7, 11) is 0. The third-order valence-corrected chi connectivity index (χ3v) is 6.72. The Morgan fingerprint density at radius 3 is 2.56 bits per heavy atom. The Balaban J connectivity index is 0.00000245. The molecule has 0 bridgehead atoms. The number of benzene rings is 2. The molecular formula is C26H23Cl3N2O. The first-order valence-corrected chi connectivity index (χ1v) is 11.3. The van der Waals surface area contributed by atoms with Crippen LogP contribution < -0.4 is 17.0 Å². The Hall–Kier alpha value is -2.33. The lowest BCUT2D eigenvalue weighted by atomic mass is 9.86. The van der Waals surface area contributed by atoms with Gasteiger partial charge in [-0.2, -0.15) is 0 Å². The maximum absolute atomic E-state index is 13.3. The average Bonchev–Trinajstić information content (AvgIpc) is 3.15. The van der Waals surface area contributed by atoms with Crippen molar-refractivity contribution < 1.29 is 21.8 Å². The number of nitrogens with zero attached hydrogens (tertiary/aromatic N) is 2. The number of carbonyl (C=O) groups is 1. The third kappa shape index (κ3) is 4.56. The van der Waals surface area contributed by atoms with Crippen molar-refractivity contribution in [3.63, 3.8) is 0 Å². The van der Waals surface area contributed by atoms with Crippen LogP contribution >= 0.6 is 23.2 Å². The SMILES string of the molecule is O=C(c1cccc(Cl)c1)N1CC2=C(c3cc(Cl)ccc3C2)C(CC[n+]2ccccc2)C1.[Cl-]. The second-order valence-electron chi connectivity index (χ2n) is 8.29. The number of rotatable bonds is 4. The predicted octanol–water partition coefficient (Wildman–Crippen LogP) is 2.46. The van der Waals surface area contributed by atoms with Crippen molar-refractivity contribution >= 4 is 34.7 Å². The van der Waals surface area contributed by atoms with E-state index in [1.165, 1.54) is 22.3 Å². The first kappa shape index (κ1) is 22.8. The van der Waals surface area contributed by atoms with Crippen LogP contribution in [-0.4, -0.2) is 23.9 Å². The van der Waals surface area contributed by atoms with Gasteiger partial charge in [0, 0.05) is 53.2 Å². The van der Waals surface area contributed by atoms with Crippen LogP contribution in [0.15, 0.2) is 78.6 Å². The normalized spacial score (nSPS) is 16.9. The van der Waals surface area contributed by atoms with E-state index < -0.39 is 0 Å². The molecule has 1 aliphatic heterocycles. The summed E-state index contributed by atoms with van der Waals surface area (Å²) in [4.78, 5) is 15.3. The zero-order valence-corrected chi connectivity index (χ0v) is 19.7. The average molecular weight is 486 g/mol. The number of hydrogen-bond donors (Lipinski definition) is 0. The van der Waals surface area contributed by atoms with Crippen LogP contribution in [0.4, 0.5) is 0 Å². The van der Waals surface area contributed by atoms with Gasteiger partial charge in [0.15, 0.2) is 12.4 Å². The molecule has 32 heavy (non-hydrogen) atoms. The Kier molecular flexibility index (Phi) is 6.90. The number of aryl methyl sites for hydroxylation is 1. The van der Waals surface area contributed by atoms with Crippen LogP contribution in [0.25, 0.3) is 5.57 Å². The van der Waals surface area contributed by atoms with Crippen molar-refractivity contribution in [1.29, 1.82) is 0 Å². The van der Waals surface area contributed by atoms with Crippen LogP contribution in [-0.2, 0) is 13.0 Å². The van der Waals surface area contributed by atoms with Crippen LogP contribution in [0.1, 0.15) is 27.9 Å². The van der Waals surface area contributed by atoms with Crippen LogP contribution in [0.3, 0.4) is 0 Å². The molecule has 5 rings (SSSR count). The zero-order valence-electron chi connectivity index (χ0n) is 17.5. The molecule has 0 spiro atoms. The molecule has 0 saturated carbocycles. The van der Waals surface area contributed by atoms with E-state index in [2.05, 4.69) is 29.1 Å². The largest absolute Gasteiger partial charge is 1.00 e. The summed E-state index contributed by atoms with van der Waals surface area (Å²) in [5.41, 5.74) is 5.95. The molecule has 0 radical (unpaired) electrons. The molecule has 3 aromatic rings. The minimum Gasteiger partial charge on any atom is -1.00 e. The predicted molar refractivity (Wildman–Crippen MR) is 124 cm³/mol. The van der Waals surface area contributed by atoms with Crippen molar-refractivity contribution in [2.75, 3.05) is 13.1 Å². The molecule has 1 aliphatic carbocycles. The highest BCUT2D eigenvalue weighted by Crippen LogP contribution is 2.43. The molecule has 3 nitrogen and oxygen atoms in total. The van der Waals surface area contributed by atoms with Gasteiger partial charge in [-0.1, -0.05) is 41.4 Å². The lowest BCUT2D eigenvalue weighted by Crippen LogP contribution is -3.00. The van der Waals surface area contributed by atoms with Gasteiger partial charge in [-0.3, -0.25) is 4.79 Å². The number of carbonyl (C=O) groups excluding carboxylic acids is 1. The van der Waals surface area contributed by atoms with Gasteiger partial charge in [-0.05, 0) is 59.0 Å². The van der Waals surface area contributed by atoms with E-state index in [-0.39, 0.29) is 24.2 Å². The molecule has 6 heteroatoms. The Morgan fingerprint density at radius 1 is 1.00 bits per heavy atom. The number of amides is 1. The Bertz CT molecular complexity index is 1180. The molecule has 2 heterocycles. The minimum atomic E-state index is 0. The molecular weight excluding hydrogens is 463 g/mol. The molecule has 0 saturated heterocycles. The summed E-state index contributed by atoms with van der Waals surface area (Å²) in [6.45, 7) is 2.25. The first-order chi connectivity index (χ1) is 15.1. The minimum absolute atomic E-state index is 0. The topological polar surface area (TPSA) is 24.2 Å². The van der Waals surface area contributed by atoms with Crippen molar-refractivity contribution in [3.05, 3.63) is 105 Å². The van der Waals surface area contributed by atoms with E-state index >= 15 is 0 Å². The first-order valence-electron chi connectivity index (χ1n) is 10.6. The lowest BCUT2D eigenvalue weighted by molar-refractivity contribution is -0.697. The molecule has 0 fully saturated rings. The van der Waals surface area contributed by atoms with Gasteiger partial charge in [0.1, 0.15) is 6.54 Å². The monoisotopic (exact) mass is 484 g/mol. The number of halogens is 3. The fraction of sp³-hybridized carbons (Fsp3) is 0.231. The van der Waals surface area contributed by atoms with Crippen molar-refractivity contribution in [2.24, 2.45) is 5.92 Å². The summed E-state index contributed by atoms with van der Waals surface area (Å²) in [5.74, 6) is 0.305. The second kappa shape index (κ2) is 9.66. The van der Waals surface area contributed by atoms with E-state index in [9.17, 15) is 4.79 Å². The molecule has 1 atom stereocenters. The van der Waals surface area contributed by atoms with E-state index in [4.69, 9.17) is 23.2 Å². The summed E-state index contributed by atoms with van der Waals surface area (Å²) in [5, 5.41) is 1.35. The molecule has 1 unspecified atom stereocenters. The van der Waals surface area contributed by atoms with Crippen LogP contribution in [0.2, 0.25) is 10.0 Å². The Labute approximate surface area is 204 Å². The fourth-order valence-electron chi connectivity index (χ4n) is 4.85. The van der Waals surface area contributed by atoms with Crippen LogP contribution in [0, 0.1) is 5.92 Å². The van der Waals surface area contributed by atoms with Gasteiger partial charge in [-0.15, -0.1) is 0 Å². The maximum atomic E-state index is 13.3. The number of pyridine rings is 1. The zero-order chi connectivity index (χ0) is 21.4. The maximum Gasteiger partial charge on any atom is 0.254 e. The van der Waals surface area contributed by atoms with E-state index in [0.29, 0.717) is 23.7 Å². The summed E-state index contributed by atoms with van der Waals surface area (Å²) in [6, 6.07) is 19.5. The molecule has 0 N–H and O–H groups in total. The van der Waals surface area contributed by atoms with Gasteiger partial charge >= 0.3 is 0 Å². The Morgan fingerprint density at radius 2 is 1.78 bits per heavy atom.